The second-order valence-electron chi connectivity index (χ2n) is 11.6. The molecule has 1 aromatic rings. The van der Waals surface area contributed by atoms with Crippen molar-refractivity contribution in [1.29, 1.82) is 0 Å². The number of hydrogen-bond acceptors (Lipinski definition) is 8. The fraction of sp³-hybridized carbons (Fsp3) is 0.818. The molecule has 2 fully saturated rings. The van der Waals surface area contributed by atoms with Gasteiger partial charge in [-0.15, -0.1) is 10.2 Å². The maximum atomic E-state index is 12.3. The first-order valence-electron chi connectivity index (χ1n) is 11.8. The van der Waals surface area contributed by atoms with Crippen molar-refractivity contribution in [2.45, 2.75) is 103 Å². The van der Waals surface area contributed by atoms with Gasteiger partial charge in [-0.2, -0.15) is 0 Å². The number of carbonyl (C=O) groups excluding carboxylic acids is 2. The van der Waals surface area contributed by atoms with E-state index in [-0.39, 0.29) is 23.7 Å². The van der Waals surface area contributed by atoms with Gasteiger partial charge in [0.1, 0.15) is 11.6 Å². The molecular weight excluding hydrogens is 458 g/mol. The predicted molar refractivity (Wildman–Crippen MR) is 126 cm³/mol. The molecule has 3 rings (SSSR count). The molecule has 192 valence electrons. The number of nitrogens with zero attached hydrogens (tertiary/aromatic N) is 4. The Labute approximate surface area is 202 Å². The second kappa shape index (κ2) is 9.46. The average Bonchev–Trinajstić information content (AvgIpc) is 3.23. The zero-order valence-corrected chi connectivity index (χ0v) is 22.5. The van der Waals surface area contributed by atoms with Crippen molar-refractivity contribution in [2.24, 2.45) is 0 Å². The first-order valence-corrected chi connectivity index (χ1v) is 14.7. The van der Waals surface area contributed by atoms with Crippen LogP contribution in [-0.2, 0) is 15.6 Å². The highest BCUT2D eigenvalue weighted by molar-refractivity contribution is 6.74. The first kappa shape index (κ1) is 26.4. The van der Waals surface area contributed by atoms with Gasteiger partial charge in [-0.1, -0.05) is 20.8 Å². The molecule has 2 aliphatic rings. The van der Waals surface area contributed by atoms with E-state index in [2.05, 4.69) is 49.4 Å². The lowest BCUT2D eigenvalue weighted by molar-refractivity contribution is -0.0584. The van der Waals surface area contributed by atoms with E-state index < -0.39 is 32.1 Å². The molecule has 3 heterocycles. The monoisotopic (exact) mass is 497 g/mol. The number of amides is 3. The summed E-state index contributed by atoms with van der Waals surface area (Å²) in [7, 11) is -2.16. The Morgan fingerprint density at radius 1 is 1.24 bits per heavy atom. The van der Waals surface area contributed by atoms with E-state index in [0.717, 1.165) is 5.06 Å². The summed E-state index contributed by atoms with van der Waals surface area (Å²) in [5, 5.41) is 21.9. The number of fused-ring (bicyclic) bond motifs is 2. The summed E-state index contributed by atoms with van der Waals surface area (Å²) in [5.41, 5.74) is -0.600. The van der Waals surface area contributed by atoms with E-state index in [0.29, 0.717) is 37.6 Å². The molecule has 12 heteroatoms. The third kappa shape index (κ3) is 6.08. The minimum Gasteiger partial charge on any atom is -0.444 e. The summed E-state index contributed by atoms with van der Waals surface area (Å²) in [5.74, 6) is 0.725. The average molecular weight is 498 g/mol. The van der Waals surface area contributed by atoms with Gasteiger partial charge in [0.15, 0.2) is 8.32 Å². The molecule has 34 heavy (non-hydrogen) atoms. The highest BCUT2D eigenvalue weighted by Gasteiger charge is 2.46. The zero-order chi connectivity index (χ0) is 25.5. The van der Waals surface area contributed by atoms with Crippen molar-refractivity contribution in [3.8, 4) is 0 Å². The fourth-order valence-corrected chi connectivity index (χ4v) is 5.20. The highest BCUT2D eigenvalue weighted by Crippen LogP contribution is 2.38. The Balaban J connectivity index is 1.71. The van der Waals surface area contributed by atoms with Crippen LogP contribution in [0, 0.1) is 0 Å². The zero-order valence-electron chi connectivity index (χ0n) is 21.5. The lowest BCUT2D eigenvalue weighted by atomic mass is 10.0. The topological polar surface area (TPSA) is 130 Å². The van der Waals surface area contributed by atoms with Gasteiger partial charge >= 0.3 is 12.1 Å². The number of ether oxygens (including phenoxy) is 1. The molecule has 2 saturated heterocycles. The normalized spacial score (nSPS) is 22.2. The van der Waals surface area contributed by atoms with Gasteiger partial charge in [-0.3, -0.25) is 5.21 Å². The molecule has 3 amide bonds. The maximum absolute atomic E-state index is 12.3. The van der Waals surface area contributed by atoms with Crippen LogP contribution in [0.5, 0.6) is 0 Å². The van der Waals surface area contributed by atoms with Crippen LogP contribution >= 0.6 is 0 Å². The van der Waals surface area contributed by atoms with Gasteiger partial charge in [0, 0.05) is 13.1 Å². The minimum atomic E-state index is -2.16. The van der Waals surface area contributed by atoms with Gasteiger partial charge < -0.3 is 23.8 Å². The standard InChI is InChI=1S/C22H39N5O6Si/c1-21(2,3)32-19(28)23-12-15(33-34(7,8)22(4,5)6)11-17-24-25-18(31-17)16-10-9-14-13-26(16)20(29)27(14)30/h14-16,30H,9-13H2,1-8H3,(H,23,28)/t14-,15?,16-/m0/s1. The van der Waals surface area contributed by atoms with Crippen LogP contribution in [0.25, 0.3) is 0 Å². The Morgan fingerprint density at radius 3 is 2.53 bits per heavy atom. The van der Waals surface area contributed by atoms with Crippen molar-refractivity contribution >= 4 is 20.4 Å². The third-order valence-electron chi connectivity index (χ3n) is 6.65. The second-order valence-corrected chi connectivity index (χ2v) is 16.4. The number of piperidine rings is 1. The first-order chi connectivity index (χ1) is 15.6. The molecule has 2 bridgehead atoms. The van der Waals surface area contributed by atoms with Crippen molar-refractivity contribution in [2.75, 3.05) is 13.1 Å². The van der Waals surface area contributed by atoms with Gasteiger partial charge in [-0.25, -0.2) is 14.7 Å². The fourth-order valence-electron chi connectivity index (χ4n) is 3.85. The van der Waals surface area contributed by atoms with E-state index in [1.807, 2.05) is 20.8 Å². The van der Waals surface area contributed by atoms with Gasteiger partial charge in [-0.05, 0) is 51.7 Å². The van der Waals surface area contributed by atoms with Crippen LogP contribution in [0.1, 0.15) is 72.2 Å². The van der Waals surface area contributed by atoms with Gasteiger partial charge in [0.05, 0.1) is 18.6 Å². The molecule has 1 unspecified atom stereocenters. The van der Waals surface area contributed by atoms with Crippen LogP contribution in [0.15, 0.2) is 4.42 Å². The lowest BCUT2D eigenvalue weighted by Crippen LogP contribution is -2.48. The van der Waals surface area contributed by atoms with Gasteiger partial charge in [0.2, 0.25) is 11.8 Å². The van der Waals surface area contributed by atoms with E-state index in [4.69, 9.17) is 13.6 Å². The largest absolute Gasteiger partial charge is 0.444 e. The molecule has 2 aliphatic heterocycles. The summed E-state index contributed by atoms with van der Waals surface area (Å²) in [4.78, 5) is 26.1. The predicted octanol–water partition coefficient (Wildman–Crippen LogP) is 3.86. The lowest BCUT2D eigenvalue weighted by Gasteiger charge is -2.39. The molecule has 0 spiro atoms. The van der Waals surface area contributed by atoms with Crippen molar-refractivity contribution in [1.82, 2.24) is 25.5 Å². The molecule has 0 radical (unpaired) electrons. The number of rotatable bonds is 7. The van der Waals surface area contributed by atoms with Gasteiger partial charge in [0.25, 0.3) is 0 Å². The molecular formula is C22H39N5O6Si. The summed E-state index contributed by atoms with van der Waals surface area (Å²) in [6, 6.07) is -0.984. The molecule has 0 saturated carbocycles. The van der Waals surface area contributed by atoms with Crippen molar-refractivity contribution in [3.63, 3.8) is 0 Å². The van der Waals surface area contributed by atoms with Crippen LogP contribution < -0.4 is 5.32 Å². The number of hydroxylamine groups is 2. The molecule has 0 aromatic carbocycles. The third-order valence-corrected chi connectivity index (χ3v) is 11.2. The van der Waals surface area contributed by atoms with E-state index >= 15 is 0 Å². The number of alkyl carbamates (subject to hydrolysis) is 1. The molecule has 0 aliphatic carbocycles. The summed E-state index contributed by atoms with van der Waals surface area (Å²) in [6.45, 7) is 16.8. The van der Waals surface area contributed by atoms with E-state index in [1.165, 1.54) is 0 Å². The Morgan fingerprint density at radius 2 is 1.91 bits per heavy atom. The van der Waals surface area contributed by atoms with Crippen molar-refractivity contribution < 1.29 is 28.4 Å². The maximum Gasteiger partial charge on any atom is 0.407 e. The highest BCUT2D eigenvalue weighted by atomic mass is 28.4. The molecule has 2 N–H and O–H groups in total. The van der Waals surface area contributed by atoms with Crippen LogP contribution in [-0.4, -0.2) is 76.6 Å². The Kier molecular flexibility index (Phi) is 7.35. The van der Waals surface area contributed by atoms with E-state index in [9.17, 15) is 14.8 Å². The summed E-state index contributed by atoms with van der Waals surface area (Å²) >= 11 is 0. The van der Waals surface area contributed by atoms with Crippen LogP contribution in [0.4, 0.5) is 9.59 Å². The minimum absolute atomic E-state index is 0.0257. The Hall–Kier alpha value is -2.18. The number of urea groups is 1. The SMILES string of the molecule is CC(C)(C)OC(=O)NCC(Cc1nnc([C@@H]2CC[C@H]3CN2C(=O)N3O)o1)O[Si](C)(C)C(C)(C)C. The molecule has 3 atom stereocenters. The smallest absolute Gasteiger partial charge is 0.407 e. The molecule has 11 nitrogen and oxygen atoms in total. The number of hydrogen-bond donors (Lipinski definition) is 2. The number of aromatic nitrogens is 2. The van der Waals surface area contributed by atoms with Crippen LogP contribution in [0.2, 0.25) is 18.1 Å². The summed E-state index contributed by atoms with van der Waals surface area (Å²) < 4.78 is 17.9. The van der Waals surface area contributed by atoms with Crippen LogP contribution in [0.3, 0.4) is 0 Å². The molecule has 1 aromatic heterocycles. The number of carbonyl (C=O) groups is 2. The number of nitrogens with one attached hydrogen (secondary N) is 1. The van der Waals surface area contributed by atoms with Crippen molar-refractivity contribution in [3.05, 3.63) is 11.8 Å². The van der Waals surface area contributed by atoms with E-state index in [1.54, 1.807) is 4.90 Å². The Bertz CT molecular complexity index is 893. The quantitative estimate of drug-likeness (QED) is 0.429. The summed E-state index contributed by atoms with van der Waals surface area (Å²) in [6.07, 6.45) is 0.710.